The monoisotopic (exact) mass is 432 g/mol. The number of thioether (sulfide) groups is 1. The highest BCUT2D eigenvalue weighted by molar-refractivity contribution is 8.00. The van der Waals surface area contributed by atoms with Gasteiger partial charge in [0.25, 0.3) is 0 Å². The van der Waals surface area contributed by atoms with Gasteiger partial charge in [-0.2, -0.15) is 11.8 Å². The second-order valence-electron chi connectivity index (χ2n) is 8.18. The van der Waals surface area contributed by atoms with Gasteiger partial charge in [0.15, 0.2) is 5.96 Å². The molecule has 0 spiro atoms. The fourth-order valence-electron chi connectivity index (χ4n) is 4.24. The molecule has 3 rings (SSSR count). The third kappa shape index (κ3) is 6.64. The van der Waals surface area contributed by atoms with Crippen molar-refractivity contribution in [3.8, 4) is 0 Å². The molecule has 7 heteroatoms. The van der Waals surface area contributed by atoms with Gasteiger partial charge in [-0.05, 0) is 30.6 Å². The van der Waals surface area contributed by atoms with Crippen LogP contribution in [0.2, 0.25) is 0 Å². The van der Waals surface area contributed by atoms with Crippen molar-refractivity contribution in [2.24, 2.45) is 10.9 Å². The third-order valence-corrected chi connectivity index (χ3v) is 7.48. The zero-order valence-electron chi connectivity index (χ0n) is 18.4. The lowest BCUT2D eigenvalue weighted by molar-refractivity contribution is -0.127. The average Bonchev–Trinajstić information content (AvgIpc) is 3.13. The average molecular weight is 433 g/mol. The van der Waals surface area contributed by atoms with E-state index in [1.54, 1.807) is 0 Å². The number of nitrogens with zero attached hydrogens (tertiary/aromatic N) is 2. The van der Waals surface area contributed by atoms with Crippen molar-refractivity contribution >= 4 is 23.6 Å². The highest BCUT2D eigenvalue weighted by Gasteiger charge is 2.33. The fourth-order valence-corrected chi connectivity index (χ4v) is 5.49. The van der Waals surface area contributed by atoms with Crippen LogP contribution in [-0.4, -0.2) is 73.7 Å². The maximum absolute atomic E-state index is 12.4. The van der Waals surface area contributed by atoms with Gasteiger partial charge < -0.3 is 20.3 Å². The minimum Gasteiger partial charge on any atom is -0.381 e. The predicted molar refractivity (Wildman–Crippen MR) is 125 cm³/mol. The van der Waals surface area contributed by atoms with Crippen LogP contribution in [0.1, 0.15) is 31.7 Å². The van der Waals surface area contributed by atoms with Crippen LogP contribution in [0.4, 0.5) is 0 Å². The number of guanidine groups is 1. The number of rotatable bonds is 9. The Kier molecular flexibility index (Phi) is 8.88. The van der Waals surface area contributed by atoms with Crippen LogP contribution in [-0.2, 0) is 16.0 Å². The first kappa shape index (κ1) is 22.9. The van der Waals surface area contributed by atoms with E-state index in [0.29, 0.717) is 12.3 Å². The van der Waals surface area contributed by atoms with Crippen LogP contribution in [0.15, 0.2) is 35.3 Å². The van der Waals surface area contributed by atoms with E-state index < -0.39 is 0 Å². The first-order valence-electron chi connectivity index (χ1n) is 11.1. The third-order valence-electron chi connectivity index (χ3n) is 6.02. The van der Waals surface area contributed by atoms with Crippen molar-refractivity contribution in [1.29, 1.82) is 0 Å². The molecule has 0 saturated carbocycles. The fraction of sp³-hybridized carbons (Fsp3) is 0.652. The van der Waals surface area contributed by atoms with Gasteiger partial charge in [-0.1, -0.05) is 37.3 Å². The van der Waals surface area contributed by atoms with Crippen molar-refractivity contribution in [3.63, 3.8) is 0 Å². The molecule has 1 unspecified atom stereocenters. The van der Waals surface area contributed by atoms with Gasteiger partial charge in [-0.25, -0.2) is 0 Å². The van der Waals surface area contributed by atoms with Crippen LogP contribution in [0, 0.1) is 5.92 Å². The summed E-state index contributed by atoms with van der Waals surface area (Å²) in [6.07, 6.45) is 3.68. The molecule has 1 aromatic rings. The number of amides is 1. The van der Waals surface area contributed by atoms with Crippen molar-refractivity contribution in [3.05, 3.63) is 35.9 Å². The first-order chi connectivity index (χ1) is 14.6. The molecule has 1 aromatic carbocycles. The summed E-state index contributed by atoms with van der Waals surface area (Å²) in [6.45, 7) is 7.17. The Labute approximate surface area is 185 Å². The van der Waals surface area contributed by atoms with Crippen LogP contribution >= 0.6 is 11.8 Å². The van der Waals surface area contributed by atoms with Crippen LogP contribution in [0.3, 0.4) is 0 Å². The molecule has 0 aliphatic carbocycles. The summed E-state index contributed by atoms with van der Waals surface area (Å²) in [7, 11) is 1.81. The van der Waals surface area contributed by atoms with E-state index in [1.165, 1.54) is 5.56 Å². The lowest BCUT2D eigenvalue weighted by atomic mass is 9.99. The summed E-state index contributed by atoms with van der Waals surface area (Å²) >= 11 is 2.02. The molecular weight excluding hydrogens is 396 g/mol. The van der Waals surface area contributed by atoms with E-state index in [1.807, 2.05) is 29.8 Å². The Balaban J connectivity index is 1.42. The second kappa shape index (κ2) is 11.6. The Morgan fingerprint density at radius 2 is 2.03 bits per heavy atom. The van der Waals surface area contributed by atoms with Gasteiger partial charge in [-0.15, -0.1) is 0 Å². The van der Waals surface area contributed by atoms with Crippen LogP contribution in [0.25, 0.3) is 0 Å². The minimum absolute atomic E-state index is 0.224. The van der Waals surface area contributed by atoms with Crippen molar-refractivity contribution in [1.82, 2.24) is 15.5 Å². The molecular formula is C23H36N4O2S. The topological polar surface area (TPSA) is 66.0 Å². The zero-order valence-corrected chi connectivity index (χ0v) is 19.2. The highest BCUT2D eigenvalue weighted by atomic mass is 32.2. The standard InChI is InChI=1S/C23H36N4O2S/c1-3-30-23(10-13-29-14-11-23)18-26-22(24-2)25-16-20-15-21(28)27(17-20)12-9-19-7-5-4-6-8-19/h4-8,20H,3,9-18H2,1-2H3,(H2,24,25,26). The quantitative estimate of drug-likeness (QED) is 0.464. The molecule has 2 N–H and O–H groups in total. The molecule has 2 saturated heterocycles. The lowest BCUT2D eigenvalue weighted by Crippen LogP contribution is -2.48. The molecule has 2 aliphatic rings. The number of benzene rings is 1. The summed E-state index contributed by atoms with van der Waals surface area (Å²) < 4.78 is 5.79. The molecule has 30 heavy (non-hydrogen) atoms. The summed E-state index contributed by atoms with van der Waals surface area (Å²) in [6, 6.07) is 10.4. The predicted octanol–water partition coefficient (Wildman–Crippen LogP) is 2.54. The van der Waals surface area contributed by atoms with Crippen LogP contribution in [0.5, 0.6) is 0 Å². The summed E-state index contributed by atoms with van der Waals surface area (Å²) in [5.74, 6) is 2.53. The number of carbonyl (C=O) groups is 1. The first-order valence-corrected chi connectivity index (χ1v) is 12.1. The van der Waals surface area contributed by atoms with Crippen molar-refractivity contribution in [2.75, 3.05) is 52.2 Å². The Bertz CT molecular complexity index is 686. The Hall–Kier alpha value is -1.73. The normalized spacial score (nSPS) is 21.7. The van der Waals surface area contributed by atoms with Gasteiger partial charge in [0, 0.05) is 63.5 Å². The number of hydrogen-bond donors (Lipinski definition) is 2. The lowest BCUT2D eigenvalue weighted by Gasteiger charge is -2.37. The number of nitrogens with one attached hydrogen (secondary N) is 2. The van der Waals surface area contributed by atoms with Gasteiger partial charge in [0.2, 0.25) is 5.91 Å². The van der Waals surface area contributed by atoms with E-state index in [2.05, 4.69) is 46.8 Å². The Morgan fingerprint density at radius 1 is 1.27 bits per heavy atom. The highest BCUT2D eigenvalue weighted by Crippen LogP contribution is 2.34. The molecule has 1 atom stereocenters. The molecule has 166 valence electrons. The van der Waals surface area contributed by atoms with Crippen LogP contribution < -0.4 is 10.6 Å². The van der Waals surface area contributed by atoms with Crippen molar-refractivity contribution < 1.29 is 9.53 Å². The zero-order chi connectivity index (χ0) is 21.2. The van der Waals surface area contributed by atoms with E-state index in [4.69, 9.17) is 4.74 Å². The number of hydrogen-bond acceptors (Lipinski definition) is 4. The van der Waals surface area contributed by atoms with Gasteiger partial charge in [0.05, 0.1) is 0 Å². The van der Waals surface area contributed by atoms with E-state index in [9.17, 15) is 4.79 Å². The van der Waals surface area contributed by atoms with E-state index in [0.717, 1.165) is 70.4 Å². The molecule has 2 heterocycles. The smallest absolute Gasteiger partial charge is 0.223 e. The number of likely N-dealkylation sites (tertiary alicyclic amines) is 1. The minimum atomic E-state index is 0.224. The molecule has 0 aromatic heterocycles. The molecule has 6 nitrogen and oxygen atoms in total. The maximum atomic E-state index is 12.4. The molecule has 0 bridgehead atoms. The van der Waals surface area contributed by atoms with Gasteiger partial charge in [-0.3, -0.25) is 9.79 Å². The number of carbonyl (C=O) groups excluding carboxylic acids is 1. The molecule has 0 radical (unpaired) electrons. The van der Waals surface area contributed by atoms with Gasteiger partial charge >= 0.3 is 0 Å². The maximum Gasteiger partial charge on any atom is 0.223 e. The molecule has 2 fully saturated rings. The van der Waals surface area contributed by atoms with E-state index >= 15 is 0 Å². The van der Waals surface area contributed by atoms with E-state index in [-0.39, 0.29) is 10.7 Å². The Morgan fingerprint density at radius 3 is 2.73 bits per heavy atom. The summed E-state index contributed by atoms with van der Waals surface area (Å²) in [4.78, 5) is 18.8. The summed E-state index contributed by atoms with van der Waals surface area (Å²) in [5, 5.41) is 6.97. The second-order valence-corrected chi connectivity index (χ2v) is 9.91. The molecule has 2 aliphatic heterocycles. The van der Waals surface area contributed by atoms with Gasteiger partial charge in [0.1, 0.15) is 0 Å². The molecule has 1 amide bonds. The number of ether oxygens (including phenoxy) is 1. The van der Waals surface area contributed by atoms with Crippen molar-refractivity contribution in [2.45, 2.75) is 37.4 Å². The number of aliphatic imine (C=N–C) groups is 1. The largest absolute Gasteiger partial charge is 0.381 e. The summed E-state index contributed by atoms with van der Waals surface area (Å²) in [5.41, 5.74) is 1.28. The SMILES string of the molecule is CCSC1(CNC(=NC)NCC2CC(=O)N(CCc3ccccc3)C2)CCOCC1.